The van der Waals surface area contributed by atoms with Crippen LogP contribution in [0.3, 0.4) is 0 Å². The summed E-state index contributed by atoms with van der Waals surface area (Å²) in [5.41, 5.74) is 0. The van der Waals surface area contributed by atoms with E-state index >= 15 is 0 Å². The van der Waals surface area contributed by atoms with Crippen molar-refractivity contribution in [2.45, 2.75) is 77.6 Å². The highest BCUT2D eigenvalue weighted by Crippen LogP contribution is 2.15. The average Bonchev–Trinajstić information content (AvgIpc) is 2.58. The quantitative estimate of drug-likeness (QED) is 0.297. The van der Waals surface area contributed by atoms with Gasteiger partial charge < -0.3 is 8.97 Å². The zero-order valence-corrected chi connectivity index (χ0v) is 19.1. The Kier molecular flexibility index (Phi) is 12.1. The topological polar surface area (TPSA) is 3.24 Å². The summed E-state index contributed by atoms with van der Waals surface area (Å²) in [6.45, 7) is 11.5. The summed E-state index contributed by atoms with van der Waals surface area (Å²) in [5.74, 6) is 0. The van der Waals surface area contributed by atoms with Crippen LogP contribution in [0.15, 0.2) is 0 Å². The Labute approximate surface area is 165 Å². The molecule has 0 atom stereocenters. The Balaban J connectivity index is 1.96. The normalized spacial score (nSPS) is 18.3. The predicted molar refractivity (Wildman–Crippen MR) is 117 cm³/mol. The molecule has 1 aliphatic heterocycles. The van der Waals surface area contributed by atoms with E-state index in [2.05, 4.69) is 40.0 Å². The first kappa shape index (κ1) is 23.9. The molecule has 0 bridgehead atoms. The number of hydrogen-bond acceptors (Lipinski definition) is 1. The maximum Gasteiger partial charge on any atom is 0.0914 e. The van der Waals surface area contributed by atoms with E-state index in [1.807, 2.05) is 0 Å². The zero-order chi connectivity index (χ0) is 19.3. The van der Waals surface area contributed by atoms with Crippen molar-refractivity contribution in [3.05, 3.63) is 0 Å². The number of likely N-dealkylation sites (N-methyl/N-ethyl adjacent to an activating group) is 2. The third-order valence-electron chi connectivity index (χ3n) is 6.30. The highest BCUT2D eigenvalue weighted by Gasteiger charge is 2.28. The van der Waals surface area contributed by atoms with Crippen molar-refractivity contribution >= 4 is 0 Å². The van der Waals surface area contributed by atoms with Crippen LogP contribution in [0, 0.1) is 0 Å². The van der Waals surface area contributed by atoms with Gasteiger partial charge in [-0.1, -0.05) is 64.7 Å². The second kappa shape index (κ2) is 13.1. The van der Waals surface area contributed by atoms with Crippen LogP contribution in [-0.2, 0) is 0 Å². The van der Waals surface area contributed by atoms with Crippen molar-refractivity contribution in [1.82, 2.24) is 4.90 Å². The van der Waals surface area contributed by atoms with E-state index in [1.54, 1.807) is 0 Å². The molecule has 0 radical (unpaired) electrons. The minimum atomic E-state index is 1.08. The lowest BCUT2D eigenvalue weighted by molar-refractivity contribution is -0.914. The van der Waals surface area contributed by atoms with Gasteiger partial charge in [-0.25, -0.2) is 0 Å². The molecule has 1 heterocycles. The smallest absolute Gasteiger partial charge is 0.0914 e. The SMILES string of the molecule is CCCCCCCCCCCCC[N+]1(C)CCN(CC[N+](C)(C)C)CC1. The van der Waals surface area contributed by atoms with Crippen LogP contribution in [0.25, 0.3) is 0 Å². The summed E-state index contributed by atoms with van der Waals surface area (Å²) in [5, 5.41) is 0. The van der Waals surface area contributed by atoms with Crippen molar-refractivity contribution in [3.63, 3.8) is 0 Å². The lowest BCUT2D eigenvalue weighted by Gasteiger charge is -2.42. The Morgan fingerprint density at radius 1 is 0.731 bits per heavy atom. The van der Waals surface area contributed by atoms with Gasteiger partial charge in [-0.2, -0.15) is 0 Å². The van der Waals surface area contributed by atoms with Gasteiger partial charge in [-0.05, 0) is 12.8 Å². The molecule has 0 aromatic heterocycles. The predicted octanol–water partition coefficient (Wildman–Crippen LogP) is 4.77. The molecule has 1 rings (SSSR count). The summed E-state index contributed by atoms with van der Waals surface area (Å²) in [6.07, 6.45) is 16.0. The maximum atomic E-state index is 2.68. The summed E-state index contributed by atoms with van der Waals surface area (Å²) < 4.78 is 2.40. The highest BCUT2D eigenvalue weighted by molar-refractivity contribution is 4.63. The van der Waals surface area contributed by atoms with Crippen LogP contribution in [0.5, 0.6) is 0 Å². The zero-order valence-electron chi connectivity index (χ0n) is 19.1. The molecule has 1 fully saturated rings. The fourth-order valence-electron chi connectivity index (χ4n) is 4.04. The van der Waals surface area contributed by atoms with E-state index in [9.17, 15) is 0 Å². The molecule has 3 nitrogen and oxygen atoms in total. The van der Waals surface area contributed by atoms with E-state index < -0.39 is 0 Å². The van der Waals surface area contributed by atoms with Crippen LogP contribution < -0.4 is 0 Å². The molecular weight excluding hydrogens is 318 g/mol. The van der Waals surface area contributed by atoms with Gasteiger partial charge in [0.05, 0.1) is 54.4 Å². The summed E-state index contributed by atoms with van der Waals surface area (Å²) in [6, 6.07) is 0. The maximum absolute atomic E-state index is 2.68. The molecule has 0 unspecified atom stereocenters. The molecule has 26 heavy (non-hydrogen) atoms. The first-order valence-electron chi connectivity index (χ1n) is 11.7. The molecule has 156 valence electrons. The molecule has 0 spiro atoms. The van der Waals surface area contributed by atoms with Gasteiger partial charge in [0.1, 0.15) is 0 Å². The van der Waals surface area contributed by atoms with E-state index in [4.69, 9.17) is 0 Å². The van der Waals surface area contributed by atoms with Gasteiger partial charge in [0.25, 0.3) is 0 Å². The van der Waals surface area contributed by atoms with Crippen molar-refractivity contribution in [1.29, 1.82) is 0 Å². The highest BCUT2D eigenvalue weighted by atomic mass is 15.4. The van der Waals surface area contributed by atoms with Crippen molar-refractivity contribution in [2.24, 2.45) is 0 Å². The number of nitrogens with zero attached hydrogens (tertiary/aromatic N) is 3. The van der Waals surface area contributed by atoms with E-state index in [-0.39, 0.29) is 0 Å². The number of quaternary nitrogens is 2. The first-order chi connectivity index (χ1) is 12.3. The van der Waals surface area contributed by atoms with Crippen molar-refractivity contribution in [2.75, 3.05) is 74.0 Å². The number of unbranched alkanes of at least 4 members (excludes halogenated alkanes) is 10. The number of piperazine rings is 1. The third kappa shape index (κ3) is 12.3. The summed E-state index contributed by atoms with van der Waals surface area (Å²) >= 11 is 0. The molecule has 1 saturated heterocycles. The Morgan fingerprint density at radius 3 is 1.65 bits per heavy atom. The van der Waals surface area contributed by atoms with Crippen molar-refractivity contribution < 1.29 is 8.97 Å². The minimum absolute atomic E-state index is 1.08. The Hall–Kier alpha value is -0.120. The standard InChI is InChI=1S/C23H51N3/c1-6-7-8-9-10-11-12-13-14-15-16-20-26(5)22-18-24(19-23-26)17-21-25(2,3)4/h6-23H2,1-5H3/q+2. The van der Waals surface area contributed by atoms with Crippen LogP contribution >= 0.6 is 0 Å². The first-order valence-corrected chi connectivity index (χ1v) is 11.7. The molecule has 0 aliphatic carbocycles. The fraction of sp³-hybridized carbons (Fsp3) is 1.00. The number of hydrogen-bond donors (Lipinski definition) is 0. The second-order valence-electron chi connectivity index (χ2n) is 10.2. The molecule has 1 aliphatic rings. The molecule has 0 N–H and O–H groups in total. The van der Waals surface area contributed by atoms with Gasteiger partial charge in [-0.3, -0.25) is 4.90 Å². The van der Waals surface area contributed by atoms with Crippen LogP contribution in [-0.4, -0.2) is 87.9 Å². The molecule has 0 amide bonds. The van der Waals surface area contributed by atoms with Crippen LogP contribution in [0.2, 0.25) is 0 Å². The molecule has 0 aromatic carbocycles. The van der Waals surface area contributed by atoms with Gasteiger partial charge >= 0.3 is 0 Å². The lowest BCUT2D eigenvalue weighted by Crippen LogP contribution is -2.58. The Bertz CT molecular complexity index is 327. The molecule has 3 heteroatoms. The van der Waals surface area contributed by atoms with Gasteiger partial charge in [0.15, 0.2) is 0 Å². The van der Waals surface area contributed by atoms with Gasteiger partial charge in [0.2, 0.25) is 0 Å². The van der Waals surface area contributed by atoms with Gasteiger partial charge in [0, 0.05) is 19.6 Å². The monoisotopic (exact) mass is 369 g/mol. The minimum Gasteiger partial charge on any atom is -0.330 e. The van der Waals surface area contributed by atoms with E-state index in [1.165, 1.54) is 121 Å². The fourth-order valence-corrected chi connectivity index (χ4v) is 4.04. The van der Waals surface area contributed by atoms with E-state index in [0.717, 1.165) is 4.48 Å². The van der Waals surface area contributed by atoms with E-state index in [0.29, 0.717) is 0 Å². The molecule has 0 aromatic rings. The second-order valence-corrected chi connectivity index (χ2v) is 10.2. The summed E-state index contributed by atoms with van der Waals surface area (Å²) in [4.78, 5) is 2.68. The van der Waals surface area contributed by atoms with Crippen LogP contribution in [0.1, 0.15) is 77.6 Å². The van der Waals surface area contributed by atoms with Crippen LogP contribution in [0.4, 0.5) is 0 Å². The molecule has 0 saturated carbocycles. The lowest BCUT2D eigenvalue weighted by atomic mass is 10.1. The third-order valence-corrected chi connectivity index (χ3v) is 6.30. The number of rotatable bonds is 15. The average molecular weight is 370 g/mol. The summed E-state index contributed by atoms with van der Waals surface area (Å²) in [7, 11) is 9.40. The van der Waals surface area contributed by atoms with Crippen molar-refractivity contribution in [3.8, 4) is 0 Å². The largest absolute Gasteiger partial charge is 0.330 e. The van der Waals surface area contributed by atoms with Gasteiger partial charge in [-0.15, -0.1) is 0 Å². The molecular formula is C23H51N3+2. The Morgan fingerprint density at radius 2 is 1.19 bits per heavy atom.